The highest BCUT2D eigenvalue weighted by atomic mass is 35.5. The van der Waals surface area contributed by atoms with Gasteiger partial charge in [0.1, 0.15) is 5.15 Å². The lowest BCUT2D eigenvalue weighted by atomic mass is 10.1. The minimum atomic E-state index is 0.456. The predicted octanol–water partition coefficient (Wildman–Crippen LogP) is 2.07. The van der Waals surface area contributed by atoms with E-state index in [1.54, 1.807) is 12.3 Å². The van der Waals surface area contributed by atoms with Gasteiger partial charge in [-0.3, -0.25) is 0 Å². The van der Waals surface area contributed by atoms with Crippen molar-refractivity contribution in [3.63, 3.8) is 0 Å². The summed E-state index contributed by atoms with van der Waals surface area (Å²) in [4.78, 5) is 13.4. The number of fused-ring (bicyclic) bond motifs is 4. The lowest BCUT2D eigenvalue weighted by Crippen LogP contribution is -2.38. The SMILES string of the molecule is Clc1ccc(-c2nc(N3CCN4CCC3CC4)no2)cn1. The van der Waals surface area contributed by atoms with Crippen molar-refractivity contribution in [2.24, 2.45) is 0 Å². The van der Waals surface area contributed by atoms with E-state index < -0.39 is 0 Å². The number of hydrogen-bond donors (Lipinski definition) is 0. The molecule has 6 nitrogen and oxygen atoms in total. The lowest BCUT2D eigenvalue weighted by Gasteiger charge is -2.30. The number of halogens is 1. The van der Waals surface area contributed by atoms with Gasteiger partial charge < -0.3 is 14.3 Å². The number of pyridine rings is 1. The van der Waals surface area contributed by atoms with Crippen LogP contribution < -0.4 is 4.90 Å². The highest BCUT2D eigenvalue weighted by Crippen LogP contribution is 2.27. The Morgan fingerprint density at radius 1 is 1.14 bits per heavy atom. The third-order valence-corrected chi connectivity index (χ3v) is 4.53. The second-order valence-corrected chi connectivity index (χ2v) is 5.92. The molecule has 0 aromatic carbocycles. The number of nitrogens with zero attached hydrogens (tertiary/aromatic N) is 5. The van der Waals surface area contributed by atoms with E-state index in [0.717, 1.165) is 18.7 Å². The second kappa shape index (κ2) is 5.27. The molecule has 0 amide bonds. The van der Waals surface area contributed by atoms with Gasteiger partial charge in [0.15, 0.2) is 0 Å². The number of hydrogen-bond acceptors (Lipinski definition) is 6. The highest BCUT2D eigenvalue weighted by Gasteiger charge is 2.31. The molecule has 3 saturated heterocycles. The molecule has 2 aromatic heterocycles. The minimum absolute atomic E-state index is 0.456. The van der Waals surface area contributed by atoms with Crippen LogP contribution in [0.2, 0.25) is 5.15 Å². The fourth-order valence-electron chi connectivity index (χ4n) is 3.10. The van der Waals surface area contributed by atoms with Gasteiger partial charge in [-0.25, -0.2) is 4.98 Å². The molecule has 7 heteroatoms. The first-order valence-corrected chi connectivity index (χ1v) is 7.62. The maximum atomic E-state index is 5.80. The molecule has 2 aromatic rings. The Hall–Kier alpha value is -1.66. The summed E-state index contributed by atoms with van der Waals surface area (Å²) in [6, 6.07) is 4.09. The molecule has 0 radical (unpaired) electrons. The van der Waals surface area contributed by atoms with Crippen LogP contribution in [0.4, 0.5) is 5.95 Å². The zero-order chi connectivity index (χ0) is 14.2. The Bertz CT molecular complexity index is 621. The lowest BCUT2D eigenvalue weighted by molar-refractivity contribution is 0.250. The van der Waals surface area contributed by atoms with Crippen LogP contribution in [0.1, 0.15) is 12.8 Å². The third kappa shape index (κ3) is 2.49. The first-order chi connectivity index (χ1) is 10.3. The molecule has 3 aliphatic rings. The molecule has 0 unspecified atom stereocenters. The first kappa shape index (κ1) is 13.0. The van der Waals surface area contributed by atoms with E-state index in [0.29, 0.717) is 23.0 Å². The Balaban J connectivity index is 1.60. The number of anilines is 1. The molecule has 5 rings (SSSR count). The smallest absolute Gasteiger partial charge is 0.266 e. The highest BCUT2D eigenvalue weighted by molar-refractivity contribution is 6.29. The van der Waals surface area contributed by atoms with Gasteiger partial charge in [-0.2, -0.15) is 4.98 Å². The summed E-state index contributed by atoms with van der Waals surface area (Å²) < 4.78 is 5.39. The summed E-state index contributed by atoms with van der Waals surface area (Å²) in [6.45, 7) is 4.38. The van der Waals surface area contributed by atoms with Crippen molar-refractivity contribution in [2.75, 3.05) is 31.1 Å². The Morgan fingerprint density at radius 2 is 2.00 bits per heavy atom. The number of rotatable bonds is 2. The molecule has 0 saturated carbocycles. The standard InChI is InChI=1S/C14H16ClN5O/c15-12-2-1-10(9-16-12)13-17-14(18-21-13)20-8-7-19-5-3-11(20)4-6-19/h1-2,9,11H,3-8H2. The number of piperidine rings is 1. The molecule has 0 aliphatic carbocycles. The van der Waals surface area contributed by atoms with Crippen LogP contribution in [0.3, 0.4) is 0 Å². The van der Waals surface area contributed by atoms with Gasteiger partial charge in [0.2, 0.25) is 0 Å². The van der Waals surface area contributed by atoms with Gasteiger partial charge in [-0.15, -0.1) is 0 Å². The molecule has 3 fully saturated rings. The molecule has 110 valence electrons. The van der Waals surface area contributed by atoms with Crippen LogP contribution >= 0.6 is 11.6 Å². The van der Waals surface area contributed by atoms with Crippen LogP contribution in [0.5, 0.6) is 0 Å². The van der Waals surface area contributed by atoms with Crippen LogP contribution in [-0.4, -0.2) is 52.2 Å². The summed E-state index contributed by atoms with van der Waals surface area (Å²) in [5, 5.41) is 4.61. The molecular formula is C14H16ClN5O. The maximum absolute atomic E-state index is 5.80. The molecular weight excluding hydrogens is 290 g/mol. The van der Waals surface area contributed by atoms with Gasteiger partial charge in [-0.1, -0.05) is 11.6 Å². The fraction of sp³-hybridized carbons (Fsp3) is 0.500. The number of aromatic nitrogens is 3. The molecule has 0 atom stereocenters. The maximum Gasteiger partial charge on any atom is 0.266 e. The average molecular weight is 306 g/mol. The van der Waals surface area contributed by atoms with Gasteiger partial charge in [0.25, 0.3) is 11.8 Å². The molecule has 5 heterocycles. The second-order valence-electron chi connectivity index (χ2n) is 5.54. The zero-order valence-corrected chi connectivity index (χ0v) is 12.3. The summed E-state index contributed by atoms with van der Waals surface area (Å²) >= 11 is 5.80. The predicted molar refractivity (Wildman–Crippen MR) is 79.3 cm³/mol. The van der Waals surface area contributed by atoms with Crippen molar-refractivity contribution < 1.29 is 4.52 Å². The van der Waals surface area contributed by atoms with Crippen LogP contribution in [-0.2, 0) is 0 Å². The molecule has 0 N–H and O–H groups in total. The normalized spacial score (nSPS) is 25.1. The van der Waals surface area contributed by atoms with Gasteiger partial charge >= 0.3 is 0 Å². The van der Waals surface area contributed by atoms with Gasteiger partial charge in [-0.05, 0) is 30.1 Å². The van der Waals surface area contributed by atoms with Gasteiger partial charge in [0, 0.05) is 38.4 Å². The fourth-order valence-corrected chi connectivity index (χ4v) is 3.21. The van der Waals surface area contributed by atoms with Crippen LogP contribution in [0.25, 0.3) is 11.5 Å². The van der Waals surface area contributed by atoms with E-state index in [1.165, 1.54) is 25.9 Å². The largest absolute Gasteiger partial charge is 0.334 e. The van der Waals surface area contributed by atoms with E-state index in [2.05, 4.69) is 24.9 Å². The van der Waals surface area contributed by atoms with E-state index in [9.17, 15) is 0 Å². The summed E-state index contributed by atoms with van der Waals surface area (Å²) in [6.07, 6.45) is 4.00. The van der Waals surface area contributed by atoms with Crippen molar-refractivity contribution in [3.05, 3.63) is 23.5 Å². The summed E-state index contributed by atoms with van der Waals surface area (Å²) in [7, 11) is 0. The third-order valence-electron chi connectivity index (χ3n) is 4.30. The molecule has 2 bridgehead atoms. The van der Waals surface area contributed by atoms with Crippen molar-refractivity contribution >= 4 is 17.5 Å². The summed E-state index contributed by atoms with van der Waals surface area (Å²) in [5.74, 6) is 1.18. The topological polar surface area (TPSA) is 58.3 Å². The van der Waals surface area contributed by atoms with Crippen LogP contribution in [0.15, 0.2) is 22.9 Å². The quantitative estimate of drug-likeness (QED) is 0.792. The van der Waals surface area contributed by atoms with Crippen molar-refractivity contribution in [1.29, 1.82) is 0 Å². The van der Waals surface area contributed by atoms with Crippen molar-refractivity contribution in [1.82, 2.24) is 20.0 Å². The van der Waals surface area contributed by atoms with Crippen molar-refractivity contribution in [3.8, 4) is 11.5 Å². The van der Waals surface area contributed by atoms with E-state index in [4.69, 9.17) is 16.1 Å². The summed E-state index contributed by atoms with van der Waals surface area (Å²) in [5.41, 5.74) is 0.793. The van der Waals surface area contributed by atoms with E-state index >= 15 is 0 Å². The molecule has 0 spiro atoms. The first-order valence-electron chi connectivity index (χ1n) is 7.24. The van der Waals surface area contributed by atoms with Gasteiger partial charge in [0.05, 0.1) is 5.56 Å². The monoisotopic (exact) mass is 305 g/mol. The van der Waals surface area contributed by atoms with E-state index in [1.807, 2.05) is 6.07 Å². The Morgan fingerprint density at radius 3 is 2.76 bits per heavy atom. The Labute approximate surface area is 127 Å². The van der Waals surface area contributed by atoms with E-state index in [-0.39, 0.29) is 0 Å². The molecule has 21 heavy (non-hydrogen) atoms. The van der Waals surface area contributed by atoms with Crippen molar-refractivity contribution in [2.45, 2.75) is 18.9 Å². The van der Waals surface area contributed by atoms with Crippen LogP contribution in [0, 0.1) is 0 Å². The average Bonchev–Trinajstić information content (AvgIpc) is 2.81. The zero-order valence-electron chi connectivity index (χ0n) is 11.6. The Kier molecular flexibility index (Phi) is 3.27. The molecule has 3 aliphatic heterocycles. The minimum Gasteiger partial charge on any atom is -0.334 e.